The van der Waals surface area contributed by atoms with E-state index < -0.39 is 41.1 Å². The number of hydrogen-bond acceptors (Lipinski definition) is 7. The Morgan fingerprint density at radius 2 is 1.64 bits per heavy atom. The first-order valence-corrected chi connectivity index (χ1v) is 12.9. The molecule has 3 aromatic rings. The first kappa shape index (κ1) is 25.1. The van der Waals surface area contributed by atoms with Crippen LogP contribution in [0.25, 0.3) is 10.8 Å². The molecule has 0 radical (unpaired) electrons. The fraction of sp³-hybridized carbons (Fsp3) is 0.333. The van der Waals surface area contributed by atoms with E-state index >= 15 is 0 Å². The molecule has 1 unspecified atom stereocenters. The quantitative estimate of drug-likeness (QED) is 0.463. The summed E-state index contributed by atoms with van der Waals surface area (Å²) in [6.45, 7) is 5.47. The Balaban J connectivity index is 1.68. The number of amides is 3. The Kier molecular flexibility index (Phi) is 5.55. The largest absolute Gasteiger partial charge is 0.467 e. The van der Waals surface area contributed by atoms with E-state index in [1.807, 2.05) is 42.5 Å². The van der Waals surface area contributed by atoms with Crippen molar-refractivity contribution < 1.29 is 28.7 Å². The van der Waals surface area contributed by atoms with Crippen molar-refractivity contribution in [1.29, 1.82) is 0 Å². The number of methoxy groups -OCH3 is 1. The lowest BCUT2D eigenvalue weighted by atomic mass is 9.67. The Hall–Kier alpha value is -4.24. The highest BCUT2D eigenvalue weighted by atomic mass is 16.6. The van der Waals surface area contributed by atoms with Crippen LogP contribution in [0.15, 0.2) is 66.7 Å². The van der Waals surface area contributed by atoms with Gasteiger partial charge in [-0.25, -0.2) is 19.5 Å². The topological polar surface area (TPSA) is 96.5 Å². The zero-order valence-electron chi connectivity index (χ0n) is 22.2. The number of para-hydroxylation sites is 1. The minimum atomic E-state index is -1.67. The van der Waals surface area contributed by atoms with Gasteiger partial charge in [0.2, 0.25) is 5.91 Å². The molecule has 39 heavy (non-hydrogen) atoms. The first-order valence-electron chi connectivity index (χ1n) is 12.9. The molecular formula is C30H29N3O6. The highest BCUT2D eigenvalue weighted by molar-refractivity contribution is 6.23. The molecule has 9 nitrogen and oxygen atoms in total. The lowest BCUT2D eigenvalue weighted by molar-refractivity contribution is -0.158. The molecule has 3 atom stereocenters. The summed E-state index contributed by atoms with van der Waals surface area (Å²) in [5, 5.41) is 5.02. The molecule has 1 spiro atoms. The number of esters is 1. The van der Waals surface area contributed by atoms with Gasteiger partial charge in [-0.1, -0.05) is 60.7 Å². The fourth-order valence-corrected chi connectivity index (χ4v) is 6.44. The maximum Gasteiger partial charge on any atom is 0.421 e. The standard InChI is InChI=1S/C30H29N3O6/c1-29(2,3)39-28(37)32-22-15-8-7-14-21(22)30(27(32)36)24(20-13-9-11-18-10-5-6-12-19(18)20)31-17-16-23(34)33(31)25(30)26(35)38-4/h5-15,24-25H,16-17H2,1-4H3/t24-,25+,30?/m0/s1. The third kappa shape index (κ3) is 3.42. The van der Waals surface area contributed by atoms with E-state index in [2.05, 4.69) is 0 Å². The molecule has 0 bridgehead atoms. The highest BCUT2D eigenvalue weighted by Crippen LogP contribution is 2.60. The van der Waals surface area contributed by atoms with E-state index in [1.165, 1.54) is 12.1 Å². The van der Waals surface area contributed by atoms with Crippen molar-refractivity contribution in [2.24, 2.45) is 0 Å². The van der Waals surface area contributed by atoms with Gasteiger partial charge in [0, 0.05) is 13.0 Å². The van der Waals surface area contributed by atoms with Gasteiger partial charge >= 0.3 is 12.1 Å². The van der Waals surface area contributed by atoms with Crippen LogP contribution >= 0.6 is 0 Å². The second-order valence-corrected chi connectivity index (χ2v) is 11.1. The van der Waals surface area contributed by atoms with Crippen LogP contribution in [0.5, 0.6) is 0 Å². The second kappa shape index (κ2) is 8.64. The summed E-state index contributed by atoms with van der Waals surface area (Å²) in [5.41, 5.74) is -0.968. The van der Waals surface area contributed by atoms with Crippen molar-refractivity contribution in [1.82, 2.24) is 10.0 Å². The third-order valence-corrected chi connectivity index (χ3v) is 7.76. The molecule has 200 valence electrons. The molecule has 3 amide bonds. The lowest BCUT2D eigenvalue weighted by Gasteiger charge is -2.35. The van der Waals surface area contributed by atoms with Crippen molar-refractivity contribution in [3.63, 3.8) is 0 Å². The maximum atomic E-state index is 14.9. The molecule has 0 aromatic heterocycles. The van der Waals surface area contributed by atoms with E-state index in [0.717, 1.165) is 21.2 Å². The van der Waals surface area contributed by atoms with Gasteiger partial charge in [0.05, 0.1) is 18.8 Å². The van der Waals surface area contributed by atoms with Crippen LogP contribution in [0.2, 0.25) is 0 Å². The van der Waals surface area contributed by atoms with Gasteiger partial charge in [-0.3, -0.25) is 14.6 Å². The van der Waals surface area contributed by atoms with Crippen LogP contribution in [0.4, 0.5) is 10.5 Å². The summed E-state index contributed by atoms with van der Waals surface area (Å²) in [4.78, 5) is 56.4. The number of hydrazine groups is 1. The summed E-state index contributed by atoms with van der Waals surface area (Å²) in [6.07, 6.45) is -0.651. The summed E-state index contributed by atoms with van der Waals surface area (Å²) >= 11 is 0. The number of imide groups is 1. The molecule has 3 aromatic carbocycles. The fourth-order valence-electron chi connectivity index (χ4n) is 6.44. The summed E-state index contributed by atoms with van der Waals surface area (Å²) < 4.78 is 10.9. The molecular weight excluding hydrogens is 498 g/mol. The average Bonchev–Trinajstić information content (AvgIpc) is 3.51. The lowest BCUT2D eigenvalue weighted by Crippen LogP contribution is -2.57. The van der Waals surface area contributed by atoms with Gasteiger partial charge in [-0.05, 0) is 48.7 Å². The SMILES string of the molecule is COC(=O)[C@H]1N2C(=O)CCN2[C@@H](c2cccc3ccccc23)C12C(=O)N(C(=O)OC(C)(C)C)c1ccccc12. The van der Waals surface area contributed by atoms with Gasteiger partial charge in [0.25, 0.3) is 5.91 Å². The van der Waals surface area contributed by atoms with Crippen LogP contribution in [-0.2, 0) is 29.3 Å². The van der Waals surface area contributed by atoms with Crippen LogP contribution < -0.4 is 4.90 Å². The summed E-state index contributed by atoms with van der Waals surface area (Å²) in [5.74, 6) is -1.64. The molecule has 0 aliphatic carbocycles. The van der Waals surface area contributed by atoms with Crippen LogP contribution in [0.3, 0.4) is 0 Å². The zero-order chi connectivity index (χ0) is 27.7. The van der Waals surface area contributed by atoms with Crippen LogP contribution in [0.1, 0.15) is 44.4 Å². The maximum absolute atomic E-state index is 14.9. The molecule has 9 heteroatoms. The number of nitrogens with zero attached hydrogens (tertiary/aromatic N) is 3. The Bertz CT molecular complexity index is 1540. The van der Waals surface area contributed by atoms with Gasteiger partial charge in [0.15, 0.2) is 6.04 Å². The Morgan fingerprint density at radius 3 is 2.38 bits per heavy atom. The molecule has 0 N–H and O–H groups in total. The zero-order valence-corrected chi connectivity index (χ0v) is 22.2. The van der Waals surface area contributed by atoms with Crippen LogP contribution in [-0.4, -0.2) is 59.2 Å². The monoisotopic (exact) mass is 527 g/mol. The van der Waals surface area contributed by atoms with Crippen molar-refractivity contribution in [3.05, 3.63) is 77.9 Å². The number of rotatable bonds is 2. The van der Waals surface area contributed by atoms with Crippen molar-refractivity contribution in [3.8, 4) is 0 Å². The van der Waals surface area contributed by atoms with Crippen molar-refractivity contribution in [2.45, 2.75) is 50.3 Å². The number of anilines is 1. The molecule has 3 aliphatic heterocycles. The first-order chi connectivity index (χ1) is 18.6. The second-order valence-electron chi connectivity index (χ2n) is 11.1. The van der Waals surface area contributed by atoms with E-state index in [4.69, 9.17) is 9.47 Å². The minimum Gasteiger partial charge on any atom is -0.467 e. The average molecular weight is 528 g/mol. The predicted octanol–water partition coefficient (Wildman–Crippen LogP) is 4.11. The van der Waals surface area contributed by atoms with Crippen LogP contribution in [0, 0.1) is 0 Å². The van der Waals surface area contributed by atoms with E-state index in [-0.39, 0.29) is 12.3 Å². The number of carbonyl (C=O) groups is 4. The predicted molar refractivity (Wildman–Crippen MR) is 143 cm³/mol. The molecule has 2 fully saturated rings. The number of hydrogen-bond donors (Lipinski definition) is 0. The number of carbonyl (C=O) groups excluding carboxylic acids is 4. The third-order valence-electron chi connectivity index (χ3n) is 7.76. The Morgan fingerprint density at radius 1 is 0.949 bits per heavy atom. The minimum absolute atomic E-state index is 0.191. The Labute approximate surface area is 225 Å². The van der Waals surface area contributed by atoms with Gasteiger partial charge < -0.3 is 9.47 Å². The molecule has 3 aliphatic rings. The number of ether oxygens (including phenoxy) is 2. The van der Waals surface area contributed by atoms with E-state index in [0.29, 0.717) is 17.8 Å². The van der Waals surface area contributed by atoms with E-state index in [1.54, 1.807) is 50.0 Å². The number of fused-ring (bicyclic) bond motifs is 4. The van der Waals surface area contributed by atoms with Crippen molar-refractivity contribution >= 4 is 40.3 Å². The summed E-state index contributed by atoms with van der Waals surface area (Å²) in [6, 6.07) is 18.4. The van der Waals surface area contributed by atoms with Gasteiger partial charge in [-0.15, -0.1) is 0 Å². The molecule has 6 rings (SSSR count). The summed E-state index contributed by atoms with van der Waals surface area (Å²) in [7, 11) is 1.24. The van der Waals surface area contributed by atoms with E-state index in [9.17, 15) is 19.2 Å². The molecule has 2 saturated heterocycles. The smallest absolute Gasteiger partial charge is 0.421 e. The van der Waals surface area contributed by atoms with Gasteiger partial charge in [-0.2, -0.15) is 0 Å². The van der Waals surface area contributed by atoms with Gasteiger partial charge in [0.1, 0.15) is 11.0 Å². The van der Waals surface area contributed by atoms with Crippen molar-refractivity contribution in [2.75, 3.05) is 18.6 Å². The molecule has 0 saturated carbocycles. The molecule has 3 heterocycles. The highest BCUT2D eigenvalue weighted by Gasteiger charge is 2.74. The number of benzene rings is 3. The normalized spacial score (nSPS) is 24.4.